The van der Waals surface area contributed by atoms with Gasteiger partial charge in [-0.15, -0.1) is 0 Å². The van der Waals surface area contributed by atoms with E-state index in [2.05, 4.69) is 4.37 Å². The van der Waals surface area contributed by atoms with E-state index < -0.39 is 11.7 Å². The number of β-amino-alcohol motifs (C(OH)–C–C–N with tert-alkyl or cyclic N) is 1. The predicted octanol–water partition coefficient (Wildman–Crippen LogP) is -0.0935. The normalized spacial score (nSPS) is 16.9. The molecule has 1 aromatic heterocycles. The minimum atomic E-state index is -0.451. The first kappa shape index (κ1) is 9.70. The Balaban J connectivity index is 2.20. The summed E-state index contributed by atoms with van der Waals surface area (Å²) in [5.74, 6) is -0.302. The summed E-state index contributed by atoms with van der Waals surface area (Å²) >= 11 is 6.54. The molecule has 0 saturated carbocycles. The van der Waals surface area contributed by atoms with E-state index in [-0.39, 0.29) is 15.8 Å². The van der Waals surface area contributed by atoms with Crippen LogP contribution in [0.2, 0.25) is 5.02 Å². The van der Waals surface area contributed by atoms with E-state index >= 15 is 0 Å². The Kier molecular flexibility index (Phi) is 2.34. The van der Waals surface area contributed by atoms with Crippen LogP contribution in [-0.2, 0) is 0 Å². The van der Waals surface area contributed by atoms with E-state index in [4.69, 9.17) is 16.7 Å². The summed E-state index contributed by atoms with van der Waals surface area (Å²) in [6.45, 7) is 0.614. The first-order valence-electron chi connectivity index (χ1n) is 3.94. The number of aromatic amines is 1. The summed E-state index contributed by atoms with van der Waals surface area (Å²) in [5, 5.41) is 8.93. The molecule has 7 heteroatoms. The molecular formula is C7H7ClN2O3S. The number of nitrogens with zero attached hydrogens (tertiary/aromatic N) is 1. The van der Waals surface area contributed by atoms with Crippen molar-refractivity contribution < 1.29 is 9.90 Å². The molecule has 2 heterocycles. The van der Waals surface area contributed by atoms with E-state index in [1.807, 2.05) is 0 Å². The Hall–Kier alpha value is -0.850. The molecule has 0 radical (unpaired) electrons. The smallest absolute Gasteiger partial charge is 0.277 e. The van der Waals surface area contributed by atoms with Gasteiger partial charge in [-0.1, -0.05) is 23.1 Å². The van der Waals surface area contributed by atoms with Gasteiger partial charge in [-0.05, 0) is 0 Å². The number of amides is 1. The predicted molar refractivity (Wildman–Crippen MR) is 51.9 cm³/mol. The van der Waals surface area contributed by atoms with Crippen LogP contribution >= 0.6 is 23.1 Å². The van der Waals surface area contributed by atoms with Crippen molar-refractivity contribution in [3.8, 4) is 0 Å². The number of aromatic nitrogens is 1. The van der Waals surface area contributed by atoms with E-state index in [1.165, 1.54) is 4.90 Å². The fourth-order valence-corrected chi connectivity index (χ4v) is 2.19. The second-order valence-electron chi connectivity index (χ2n) is 3.04. The largest absolute Gasteiger partial charge is 0.389 e. The van der Waals surface area contributed by atoms with Gasteiger partial charge in [0.05, 0.1) is 6.10 Å². The minimum Gasteiger partial charge on any atom is -0.389 e. The van der Waals surface area contributed by atoms with Crippen molar-refractivity contribution in [1.29, 1.82) is 0 Å². The summed E-state index contributed by atoms with van der Waals surface area (Å²) in [4.78, 5) is 24.2. The molecule has 1 saturated heterocycles. The van der Waals surface area contributed by atoms with Crippen molar-refractivity contribution in [2.24, 2.45) is 0 Å². The molecule has 2 rings (SSSR count). The molecule has 0 unspecified atom stereocenters. The third-order valence-corrected chi connectivity index (χ3v) is 3.33. The Morgan fingerprint density at radius 2 is 2.29 bits per heavy atom. The quantitative estimate of drug-likeness (QED) is 0.713. The lowest BCUT2D eigenvalue weighted by Crippen LogP contribution is -2.53. The lowest BCUT2D eigenvalue weighted by molar-refractivity contribution is 0.00623. The molecule has 1 fully saturated rings. The van der Waals surface area contributed by atoms with Crippen LogP contribution in [0.25, 0.3) is 0 Å². The van der Waals surface area contributed by atoms with Crippen molar-refractivity contribution in [1.82, 2.24) is 9.27 Å². The molecule has 14 heavy (non-hydrogen) atoms. The van der Waals surface area contributed by atoms with Gasteiger partial charge in [-0.2, -0.15) is 0 Å². The van der Waals surface area contributed by atoms with Crippen molar-refractivity contribution >= 4 is 29.0 Å². The summed E-state index contributed by atoms with van der Waals surface area (Å²) in [5.41, 5.74) is -0.443. The van der Waals surface area contributed by atoms with Crippen LogP contribution in [0.1, 0.15) is 9.67 Å². The van der Waals surface area contributed by atoms with E-state index in [1.54, 1.807) is 0 Å². The first-order chi connectivity index (χ1) is 6.59. The zero-order chi connectivity index (χ0) is 10.3. The second kappa shape index (κ2) is 3.38. The molecule has 1 aliphatic heterocycles. The maximum atomic E-state index is 11.6. The topological polar surface area (TPSA) is 73.4 Å². The van der Waals surface area contributed by atoms with Crippen LogP contribution in [0.15, 0.2) is 4.79 Å². The van der Waals surface area contributed by atoms with Gasteiger partial charge in [0, 0.05) is 13.1 Å². The average molecular weight is 235 g/mol. The Bertz CT molecular complexity index is 421. The lowest BCUT2D eigenvalue weighted by atomic mass is 10.1. The van der Waals surface area contributed by atoms with Gasteiger partial charge < -0.3 is 10.0 Å². The van der Waals surface area contributed by atoms with Crippen LogP contribution < -0.4 is 5.56 Å². The van der Waals surface area contributed by atoms with E-state index in [0.717, 1.165) is 11.5 Å². The Labute approximate surface area is 88.1 Å². The zero-order valence-electron chi connectivity index (χ0n) is 6.99. The summed E-state index contributed by atoms with van der Waals surface area (Å²) in [7, 11) is 0. The fourth-order valence-electron chi connectivity index (χ4n) is 1.19. The SMILES string of the molecule is O=C(c1s[nH]c(=O)c1Cl)N1CC(O)C1. The van der Waals surface area contributed by atoms with Gasteiger partial charge in [0.1, 0.15) is 9.90 Å². The number of aliphatic hydroxyl groups is 1. The molecule has 0 bridgehead atoms. The van der Waals surface area contributed by atoms with E-state index in [0.29, 0.717) is 13.1 Å². The number of carbonyl (C=O) groups is 1. The van der Waals surface area contributed by atoms with Gasteiger partial charge in [0.25, 0.3) is 11.5 Å². The highest BCUT2D eigenvalue weighted by Crippen LogP contribution is 2.20. The maximum Gasteiger partial charge on any atom is 0.277 e. The molecule has 0 atom stereocenters. The fraction of sp³-hybridized carbons (Fsp3) is 0.429. The van der Waals surface area contributed by atoms with Gasteiger partial charge in [0.2, 0.25) is 0 Å². The van der Waals surface area contributed by atoms with Crippen LogP contribution in [0.5, 0.6) is 0 Å². The highest BCUT2D eigenvalue weighted by molar-refractivity contribution is 7.08. The molecule has 2 N–H and O–H groups in total. The maximum absolute atomic E-state index is 11.6. The number of aliphatic hydroxyl groups excluding tert-OH is 1. The van der Waals surface area contributed by atoms with Crippen molar-refractivity contribution in [2.75, 3.05) is 13.1 Å². The number of carbonyl (C=O) groups excluding carboxylic acids is 1. The molecule has 76 valence electrons. The first-order valence-corrected chi connectivity index (χ1v) is 5.13. The van der Waals surface area contributed by atoms with E-state index in [9.17, 15) is 9.59 Å². The molecule has 5 nitrogen and oxygen atoms in total. The molecule has 1 amide bonds. The monoisotopic (exact) mass is 234 g/mol. The van der Waals surface area contributed by atoms with Gasteiger partial charge in [-0.25, -0.2) is 0 Å². The van der Waals surface area contributed by atoms with Gasteiger partial charge >= 0.3 is 0 Å². The van der Waals surface area contributed by atoms with Crippen LogP contribution in [0.3, 0.4) is 0 Å². The number of hydrogen-bond donors (Lipinski definition) is 2. The van der Waals surface area contributed by atoms with Crippen LogP contribution in [-0.4, -0.2) is 39.5 Å². The molecule has 1 aliphatic rings. The zero-order valence-corrected chi connectivity index (χ0v) is 8.56. The third kappa shape index (κ3) is 1.45. The molecule has 0 aromatic carbocycles. The average Bonchev–Trinajstić information content (AvgIpc) is 2.42. The summed E-state index contributed by atoms with van der Waals surface area (Å²) < 4.78 is 2.38. The lowest BCUT2D eigenvalue weighted by Gasteiger charge is -2.35. The van der Waals surface area contributed by atoms with Gasteiger partial charge in [0.15, 0.2) is 0 Å². The number of halogens is 1. The van der Waals surface area contributed by atoms with Gasteiger partial charge in [-0.3, -0.25) is 14.0 Å². The molecule has 1 aromatic rings. The Morgan fingerprint density at radius 3 is 2.71 bits per heavy atom. The Morgan fingerprint density at radius 1 is 1.64 bits per heavy atom. The van der Waals surface area contributed by atoms with Crippen LogP contribution in [0, 0.1) is 0 Å². The standard InChI is InChI=1S/C7H7ClN2O3S/c8-4-5(14-9-6(4)12)7(13)10-1-3(11)2-10/h3,11H,1-2H2,(H,9,12). The summed E-state index contributed by atoms with van der Waals surface area (Å²) in [6, 6.07) is 0. The van der Waals surface area contributed by atoms with Crippen molar-refractivity contribution in [3.05, 3.63) is 20.3 Å². The third-order valence-electron chi connectivity index (χ3n) is 1.99. The minimum absolute atomic E-state index is 0.0682. The van der Waals surface area contributed by atoms with Crippen molar-refractivity contribution in [2.45, 2.75) is 6.10 Å². The number of likely N-dealkylation sites (tertiary alicyclic amines) is 1. The number of rotatable bonds is 1. The molecular weight excluding hydrogens is 228 g/mol. The molecule has 0 aliphatic carbocycles. The number of H-pyrrole nitrogens is 1. The summed E-state index contributed by atoms with van der Waals surface area (Å²) in [6.07, 6.45) is -0.451. The van der Waals surface area contributed by atoms with Crippen molar-refractivity contribution in [3.63, 3.8) is 0 Å². The molecule has 0 spiro atoms. The highest BCUT2D eigenvalue weighted by atomic mass is 35.5. The van der Waals surface area contributed by atoms with Crippen LogP contribution in [0.4, 0.5) is 0 Å². The number of nitrogens with one attached hydrogen (secondary N) is 1. The number of hydrogen-bond acceptors (Lipinski definition) is 4. The highest BCUT2D eigenvalue weighted by Gasteiger charge is 2.31. The second-order valence-corrected chi connectivity index (χ2v) is 4.23.